The molecular formula is C20H23N3O4S. The predicted molar refractivity (Wildman–Crippen MR) is 110 cm³/mol. The van der Waals surface area contributed by atoms with Crippen LogP contribution >= 0.6 is 12.2 Å². The standard InChI is InChI=1S/C20H23N3O4S/c1-3-12-27-17-7-5-4-6-16(17)19(25)21-20(28)23-22-18(24)13-14-8-10-15(26-2)11-9-14/h4-11H,3,12-13H2,1-2H3,(H,22,24)(H2,21,23,25,28). The van der Waals surface area contributed by atoms with Gasteiger partial charge in [-0.1, -0.05) is 31.2 Å². The molecule has 0 heterocycles. The largest absolute Gasteiger partial charge is 0.497 e. The number of hydrazine groups is 1. The summed E-state index contributed by atoms with van der Waals surface area (Å²) in [5, 5.41) is 2.50. The van der Waals surface area contributed by atoms with Gasteiger partial charge < -0.3 is 9.47 Å². The van der Waals surface area contributed by atoms with Crippen molar-refractivity contribution in [3.63, 3.8) is 0 Å². The summed E-state index contributed by atoms with van der Waals surface area (Å²) < 4.78 is 10.6. The Morgan fingerprint density at radius 1 is 1.04 bits per heavy atom. The van der Waals surface area contributed by atoms with Crippen LogP contribution in [-0.2, 0) is 11.2 Å². The highest BCUT2D eigenvalue weighted by Crippen LogP contribution is 2.18. The van der Waals surface area contributed by atoms with Gasteiger partial charge in [-0.3, -0.25) is 25.8 Å². The molecule has 148 valence electrons. The number of rotatable bonds is 7. The number of nitrogens with one attached hydrogen (secondary N) is 3. The molecule has 2 amide bonds. The monoisotopic (exact) mass is 401 g/mol. The van der Waals surface area contributed by atoms with Crippen LogP contribution < -0.4 is 25.6 Å². The summed E-state index contributed by atoms with van der Waals surface area (Å²) in [6.45, 7) is 2.49. The second-order valence-corrected chi connectivity index (χ2v) is 6.23. The molecule has 0 bridgehead atoms. The zero-order valence-corrected chi connectivity index (χ0v) is 16.6. The van der Waals surface area contributed by atoms with Crippen molar-refractivity contribution in [2.75, 3.05) is 13.7 Å². The molecule has 0 aromatic heterocycles. The van der Waals surface area contributed by atoms with Gasteiger partial charge in [0, 0.05) is 0 Å². The normalized spacial score (nSPS) is 9.93. The minimum absolute atomic E-state index is 0.0154. The fourth-order valence-corrected chi connectivity index (χ4v) is 2.44. The lowest BCUT2D eigenvalue weighted by Crippen LogP contribution is -2.48. The summed E-state index contributed by atoms with van der Waals surface area (Å²) in [5.41, 5.74) is 6.16. The number of benzene rings is 2. The molecule has 0 saturated carbocycles. The van der Waals surface area contributed by atoms with Crippen molar-refractivity contribution >= 4 is 29.1 Å². The van der Waals surface area contributed by atoms with Gasteiger partial charge in [-0.05, 0) is 48.5 Å². The van der Waals surface area contributed by atoms with E-state index in [1.54, 1.807) is 55.6 Å². The van der Waals surface area contributed by atoms with Crippen LogP contribution in [0.1, 0.15) is 29.3 Å². The second kappa shape index (κ2) is 10.9. The summed E-state index contributed by atoms with van der Waals surface area (Å²) in [7, 11) is 1.58. The molecule has 3 N–H and O–H groups in total. The maximum Gasteiger partial charge on any atom is 0.261 e. The van der Waals surface area contributed by atoms with Gasteiger partial charge in [-0.15, -0.1) is 0 Å². The molecule has 0 fully saturated rings. The van der Waals surface area contributed by atoms with Gasteiger partial charge >= 0.3 is 0 Å². The average Bonchev–Trinajstić information content (AvgIpc) is 2.71. The number of hydrogen-bond donors (Lipinski definition) is 3. The van der Waals surface area contributed by atoms with Crippen molar-refractivity contribution in [2.45, 2.75) is 19.8 Å². The molecule has 0 aliphatic rings. The first kappa shape index (κ1) is 21.2. The van der Waals surface area contributed by atoms with E-state index in [1.165, 1.54) is 0 Å². The second-order valence-electron chi connectivity index (χ2n) is 5.83. The Morgan fingerprint density at radius 3 is 2.43 bits per heavy atom. The van der Waals surface area contributed by atoms with Gasteiger partial charge in [-0.2, -0.15) is 0 Å². The van der Waals surface area contributed by atoms with Crippen LogP contribution in [0.15, 0.2) is 48.5 Å². The fourth-order valence-electron chi connectivity index (χ4n) is 2.29. The molecule has 0 radical (unpaired) electrons. The first-order valence-corrected chi connectivity index (χ1v) is 9.19. The first-order chi connectivity index (χ1) is 13.5. The number of ether oxygens (including phenoxy) is 2. The van der Waals surface area contributed by atoms with Crippen LogP contribution in [0.2, 0.25) is 0 Å². The molecule has 8 heteroatoms. The van der Waals surface area contributed by atoms with Gasteiger partial charge in [0.05, 0.1) is 25.7 Å². The Bertz CT molecular complexity index is 824. The molecule has 28 heavy (non-hydrogen) atoms. The van der Waals surface area contributed by atoms with Gasteiger partial charge in [0.15, 0.2) is 5.11 Å². The number of amides is 2. The Kier molecular flexibility index (Phi) is 8.23. The Morgan fingerprint density at radius 2 is 1.75 bits per heavy atom. The summed E-state index contributed by atoms with van der Waals surface area (Å²) in [6, 6.07) is 14.0. The predicted octanol–water partition coefficient (Wildman–Crippen LogP) is 2.36. The summed E-state index contributed by atoms with van der Waals surface area (Å²) in [5.74, 6) is 0.476. The SMILES string of the molecule is CCCOc1ccccc1C(=O)NC(=S)NNC(=O)Cc1ccc(OC)cc1. The topological polar surface area (TPSA) is 88.7 Å². The van der Waals surface area contributed by atoms with Crippen LogP contribution in [0.4, 0.5) is 0 Å². The molecule has 0 unspecified atom stereocenters. The number of methoxy groups -OCH3 is 1. The van der Waals surface area contributed by atoms with E-state index in [0.717, 1.165) is 17.7 Å². The van der Waals surface area contributed by atoms with Gasteiger partial charge in [0.25, 0.3) is 5.91 Å². The number of carbonyl (C=O) groups is 2. The molecule has 0 aliphatic heterocycles. The Hall–Kier alpha value is -3.13. The summed E-state index contributed by atoms with van der Waals surface area (Å²) in [4.78, 5) is 24.4. The van der Waals surface area contributed by atoms with Crippen LogP contribution in [-0.4, -0.2) is 30.6 Å². The maximum absolute atomic E-state index is 12.4. The van der Waals surface area contributed by atoms with Crippen molar-refractivity contribution in [3.8, 4) is 11.5 Å². The molecule has 0 aliphatic carbocycles. The smallest absolute Gasteiger partial charge is 0.261 e. The summed E-state index contributed by atoms with van der Waals surface area (Å²) in [6.07, 6.45) is 0.984. The lowest BCUT2D eigenvalue weighted by Gasteiger charge is -2.13. The molecule has 2 aromatic rings. The minimum Gasteiger partial charge on any atom is -0.497 e. The van der Waals surface area contributed by atoms with Crippen molar-refractivity contribution in [1.82, 2.24) is 16.2 Å². The Balaban J connectivity index is 1.83. The highest BCUT2D eigenvalue weighted by Gasteiger charge is 2.13. The highest BCUT2D eigenvalue weighted by molar-refractivity contribution is 7.80. The van der Waals surface area contributed by atoms with Crippen LogP contribution in [0.5, 0.6) is 11.5 Å². The Labute approximate surface area is 169 Å². The lowest BCUT2D eigenvalue weighted by molar-refractivity contribution is -0.121. The van der Waals surface area contributed by atoms with Gasteiger partial charge in [0.2, 0.25) is 5.91 Å². The van der Waals surface area contributed by atoms with Gasteiger partial charge in [-0.25, -0.2) is 0 Å². The zero-order valence-electron chi connectivity index (χ0n) is 15.8. The van der Waals surface area contributed by atoms with E-state index >= 15 is 0 Å². The summed E-state index contributed by atoms with van der Waals surface area (Å²) >= 11 is 5.06. The third-order valence-corrected chi connectivity index (χ3v) is 3.86. The van der Waals surface area contributed by atoms with E-state index in [4.69, 9.17) is 21.7 Å². The third kappa shape index (κ3) is 6.55. The van der Waals surface area contributed by atoms with E-state index in [9.17, 15) is 9.59 Å². The molecule has 0 saturated heterocycles. The first-order valence-electron chi connectivity index (χ1n) is 8.78. The highest BCUT2D eigenvalue weighted by atomic mass is 32.1. The molecule has 7 nitrogen and oxygen atoms in total. The maximum atomic E-state index is 12.4. The molecule has 0 spiro atoms. The van der Waals surface area contributed by atoms with Gasteiger partial charge in [0.1, 0.15) is 11.5 Å². The molecular weight excluding hydrogens is 378 g/mol. The lowest BCUT2D eigenvalue weighted by atomic mass is 10.1. The van der Waals surface area contributed by atoms with Crippen molar-refractivity contribution in [2.24, 2.45) is 0 Å². The average molecular weight is 401 g/mol. The van der Waals surface area contributed by atoms with E-state index in [2.05, 4.69) is 16.2 Å². The molecule has 2 rings (SSSR count). The fraction of sp³-hybridized carbons (Fsp3) is 0.250. The van der Waals surface area contributed by atoms with Crippen molar-refractivity contribution in [3.05, 3.63) is 59.7 Å². The minimum atomic E-state index is -0.423. The molecule has 0 atom stereocenters. The van der Waals surface area contributed by atoms with E-state index in [1.807, 2.05) is 6.92 Å². The quantitative estimate of drug-likeness (QED) is 0.488. The number of thiocarbonyl (C=S) groups is 1. The van der Waals surface area contributed by atoms with E-state index in [-0.39, 0.29) is 17.4 Å². The van der Waals surface area contributed by atoms with E-state index in [0.29, 0.717) is 17.9 Å². The number of para-hydroxylation sites is 1. The number of carbonyl (C=O) groups excluding carboxylic acids is 2. The number of hydrogen-bond acceptors (Lipinski definition) is 5. The van der Waals surface area contributed by atoms with Crippen LogP contribution in [0, 0.1) is 0 Å². The van der Waals surface area contributed by atoms with Crippen molar-refractivity contribution < 1.29 is 19.1 Å². The van der Waals surface area contributed by atoms with Crippen LogP contribution in [0.25, 0.3) is 0 Å². The van der Waals surface area contributed by atoms with Crippen molar-refractivity contribution in [1.29, 1.82) is 0 Å². The third-order valence-electron chi connectivity index (χ3n) is 3.66. The van der Waals surface area contributed by atoms with E-state index < -0.39 is 5.91 Å². The zero-order chi connectivity index (χ0) is 20.4. The van der Waals surface area contributed by atoms with Crippen LogP contribution in [0.3, 0.4) is 0 Å². The molecule has 2 aromatic carbocycles.